The molecule has 0 heterocycles. The molecule has 0 saturated carbocycles. The third kappa shape index (κ3) is 5.60. The third-order valence-corrected chi connectivity index (χ3v) is 3.27. The molecule has 0 spiro atoms. The van der Waals surface area contributed by atoms with Crippen LogP contribution in [-0.2, 0) is 0 Å². The molecule has 0 aliphatic rings. The van der Waals surface area contributed by atoms with Crippen molar-refractivity contribution < 1.29 is 9.13 Å². The van der Waals surface area contributed by atoms with Crippen molar-refractivity contribution in [2.75, 3.05) is 0 Å². The van der Waals surface area contributed by atoms with Gasteiger partial charge in [0.05, 0.1) is 6.10 Å². The molecule has 0 saturated heterocycles. The van der Waals surface area contributed by atoms with E-state index in [2.05, 4.69) is 6.92 Å². The fraction of sp³-hybridized carbons (Fsp3) is 0.625. The number of hydrogen-bond acceptors (Lipinski definition) is 2. The molecule has 2 atom stereocenters. The van der Waals surface area contributed by atoms with Gasteiger partial charge in [0.15, 0.2) is 11.6 Å². The van der Waals surface area contributed by atoms with Crippen molar-refractivity contribution in [2.45, 2.75) is 65.0 Å². The Morgan fingerprint density at radius 3 is 2.53 bits per heavy atom. The van der Waals surface area contributed by atoms with Crippen LogP contribution >= 0.6 is 0 Å². The molecule has 0 aliphatic carbocycles. The van der Waals surface area contributed by atoms with Gasteiger partial charge in [-0.3, -0.25) is 0 Å². The quantitative estimate of drug-likeness (QED) is 0.699. The third-order valence-electron chi connectivity index (χ3n) is 3.27. The van der Waals surface area contributed by atoms with Crippen LogP contribution in [0.3, 0.4) is 0 Å². The van der Waals surface area contributed by atoms with E-state index in [1.54, 1.807) is 6.07 Å². The van der Waals surface area contributed by atoms with Gasteiger partial charge >= 0.3 is 0 Å². The zero-order valence-corrected chi connectivity index (χ0v) is 12.3. The lowest BCUT2D eigenvalue weighted by Crippen LogP contribution is -2.13. The summed E-state index contributed by atoms with van der Waals surface area (Å²) in [6.07, 6.45) is 5.85. The second kappa shape index (κ2) is 8.16. The van der Waals surface area contributed by atoms with Crippen molar-refractivity contribution in [2.24, 2.45) is 5.73 Å². The van der Waals surface area contributed by atoms with E-state index in [-0.39, 0.29) is 18.0 Å². The molecule has 2 N–H and O–H groups in total. The maximum absolute atomic E-state index is 13.8. The molecule has 1 rings (SSSR count). The smallest absolute Gasteiger partial charge is 0.165 e. The zero-order valence-electron chi connectivity index (χ0n) is 12.3. The summed E-state index contributed by atoms with van der Waals surface area (Å²) in [6.45, 7) is 6.02. The van der Waals surface area contributed by atoms with E-state index in [1.807, 2.05) is 19.9 Å². The molecule has 0 amide bonds. The number of unbranched alkanes of at least 4 members (excludes halogenated alkanes) is 3. The van der Waals surface area contributed by atoms with Gasteiger partial charge in [0.25, 0.3) is 0 Å². The summed E-state index contributed by atoms with van der Waals surface area (Å²) < 4.78 is 19.5. The summed E-state index contributed by atoms with van der Waals surface area (Å²) in [7, 11) is 0. The molecule has 0 bridgehead atoms. The van der Waals surface area contributed by atoms with Gasteiger partial charge in [0, 0.05) is 6.04 Å². The first-order valence-electron chi connectivity index (χ1n) is 7.26. The summed E-state index contributed by atoms with van der Waals surface area (Å²) >= 11 is 0. The summed E-state index contributed by atoms with van der Waals surface area (Å²) in [5.41, 5.74) is 6.51. The largest absolute Gasteiger partial charge is 0.488 e. The summed E-state index contributed by atoms with van der Waals surface area (Å²) in [4.78, 5) is 0. The molecule has 108 valence electrons. The average molecular weight is 267 g/mol. The number of halogens is 1. The number of benzene rings is 1. The second-order valence-corrected chi connectivity index (χ2v) is 5.26. The predicted octanol–water partition coefficient (Wildman–Crippen LogP) is 4.58. The Morgan fingerprint density at radius 1 is 1.21 bits per heavy atom. The van der Waals surface area contributed by atoms with Gasteiger partial charge in [-0.1, -0.05) is 32.3 Å². The maximum Gasteiger partial charge on any atom is 0.165 e. The Morgan fingerprint density at radius 2 is 1.95 bits per heavy atom. The highest BCUT2D eigenvalue weighted by Crippen LogP contribution is 2.23. The van der Waals surface area contributed by atoms with E-state index in [1.165, 1.54) is 25.3 Å². The van der Waals surface area contributed by atoms with Crippen LogP contribution in [0.1, 0.15) is 64.5 Å². The highest BCUT2D eigenvalue weighted by atomic mass is 19.1. The molecule has 19 heavy (non-hydrogen) atoms. The van der Waals surface area contributed by atoms with E-state index >= 15 is 0 Å². The topological polar surface area (TPSA) is 35.2 Å². The van der Waals surface area contributed by atoms with Gasteiger partial charge in [-0.2, -0.15) is 0 Å². The minimum atomic E-state index is -0.324. The van der Waals surface area contributed by atoms with Gasteiger partial charge < -0.3 is 10.5 Å². The Bertz CT molecular complexity index is 379. The molecule has 3 heteroatoms. The van der Waals surface area contributed by atoms with E-state index < -0.39 is 0 Å². The first-order valence-corrected chi connectivity index (χ1v) is 7.26. The SMILES string of the molecule is CCCCCCC(C)Oc1ccc(C(C)N)cc1F. The molecule has 2 unspecified atom stereocenters. The molecule has 0 fully saturated rings. The molecule has 1 aromatic carbocycles. The lowest BCUT2D eigenvalue weighted by atomic mass is 10.1. The standard InChI is InChI=1S/C16H26FNO/c1-4-5-6-7-8-12(2)19-16-10-9-14(13(3)18)11-15(16)17/h9-13H,4-8,18H2,1-3H3. The van der Waals surface area contributed by atoms with Crippen LogP contribution in [-0.4, -0.2) is 6.10 Å². The number of ether oxygens (including phenoxy) is 1. The van der Waals surface area contributed by atoms with Gasteiger partial charge in [-0.25, -0.2) is 4.39 Å². The average Bonchev–Trinajstić information content (AvgIpc) is 2.37. The Kier molecular flexibility index (Phi) is 6.85. The number of nitrogens with two attached hydrogens (primary N) is 1. The van der Waals surface area contributed by atoms with Crippen LogP contribution in [0.5, 0.6) is 5.75 Å². The van der Waals surface area contributed by atoms with E-state index in [0.29, 0.717) is 5.75 Å². The molecule has 2 nitrogen and oxygen atoms in total. The molecule has 0 aromatic heterocycles. The summed E-state index contributed by atoms with van der Waals surface area (Å²) in [6, 6.07) is 4.81. The van der Waals surface area contributed by atoms with Crippen molar-refractivity contribution >= 4 is 0 Å². The van der Waals surface area contributed by atoms with Crippen molar-refractivity contribution in [1.82, 2.24) is 0 Å². The Labute approximate surface area is 116 Å². The summed E-state index contributed by atoms with van der Waals surface area (Å²) in [5, 5.41) is 0. The van der Waals surface area contributed by atoms with Crippen LogP contribution in [0.15, 0.2) is 18.2 Å². The fourth-order valence-corrected chi connectivity index (χ4v) is 2.03. The molecular weight excluding hydrogens is 241 g/mol. The molecular formula is C16H26FNO. The van der Waals surface area contributed by atoms with E-state index in [4.69, 9.17) is 10.5 Å². The maximum atomic E-state index is 13.8. The second-order valence-electron chi connectivity index (χ2n) is 5.26. The monoisotopic (exact) mass is 267 g/mol. The first-order chi connectivity index (χ1) is 9.04. The van der Waals surface area contributed by atoms with Crippen LogP contribution in [0.2, 0.25) is 0 Å². The van der Waals surface area contributed by atoms with Gasteiger partial charge in [-0.05, 0) is 44.4 Å². The molecule has 0 radical (unpaired) electrons. The Balaban J connectivity index is 2.48. The minimum Gasteiger partial charge on any atom is -0.488 e. The number of hydrogen-bond donors (Lipinski definition) is 1. The first kappa shape index (κ1) is 16.0. The zero-order chi connectivity index (χ0) is 14.3. The Hall–Kier alpha value is -1.09. The number of rotatable bonds is 8. The van der Waals surface area contributed by atoms with Crippen LogP contribution in [0.25, 0.3) is 0 Å². The fourth-order valence-electron chi connectivity index (χ4n) is 2.03. The highest BCUT2D eigenvalue weighted by molar-refractivity contribution is 5.30. The highest BCUT2D eigenvalue weighted by Gasteiger charge is 2.10. The predicted molar refractivity (Wildman–Crippen MR) is 77.9 cm³/mol. The van der Waals surface area contributed by atoms with Crippen molar-refractivity contribution in [1.29, 1.82) is 0 Å². The normalized spacial score (nSPS) is 14.2. The van der Waals surface area contributed by atoms with Crippen LogP contribution in [0.4, 0.5) is 4.39 Å². The molecule has 1 aromatic rings. The van der Waals surface area contributed by atoms with Crippen molar-refractivity contribution in [3.05, 3.63) is 29.6 Å². The van der Waals surface area contributed by atoms with Crippen molar-refractivity contribution in [3.8, 4) is 5.75 Å². The van der Waals surface area contributed by atoms with Gasteiger partial charge in [-0.15, -0.1) is 0 Å². The molecule has 0 aliphatic heterocycles. The lowest BCUT2D eigenvalue weighted by Gasteiger charge is -2.16. The van der Waals surface area contributed by atoms with Crippen LogP contribution < -0.4 is 10.5 Å². The minimum absolute atomic E-state index is 0.0486. The van der Waals surface area contributed by atoms with E-state index in [0.717, 1.165) is 18.4 Å². The lowest BCUT2D eigenvalue weighted by molar-refractivity contribution is 0.197. The summed E-state index contributed by atoms with van der Waals surface area (Å²) in [5.74, 6) is 0.00241. The van der Waals surface area contributed by atoms with E-state index in [9.17, 15) is 4.39 Å². The van der Waals surface area contributed by atoms with Crippen molar-refractivity contribution in [3.63, 3.8) is 0 Å². The van der Waals surface area contributed by atoms with Gasteiger partial charge in [0.2, 0.25) is 0 Å². The van der Waals surface area contributed by atoms with Gasteiger partial charge in [0.1, 0.15) is 0 Å². The van der Waals surface area contributed by atoms with Crippen LogP contribution in [0, 0.1) is 5.82 Å².